The van der Waals surface area contributed by atoms with Gasteiger partial charge in [0.15, 0.2) is 0 Å². The monoisotopic (exact) mass is 397 g/mol. The lowest BCUT2D eigenvalue weighted by atomic mass is 9.66. The van der Waals surface area contributed by atoms with E-state index in [2.05, 4.69) is 15.6 Å². The number of nitrogens with one attached hydrogen (secondary N) is 2. The summed E-state index contributed by atoms with van der Waals surface area (Å²) in [5, 5.41) is 18.3. The van der Waals surface area contributed by atoms with Crippen LogP contribution in [0.1, 0.15) is 43.2 Å². The van der Waals surface area contributed by atoms with Crippen LogP contribution in [0.4, 0.5) is 0 Å². The van der Waals surface area contributed by atoms with E-state index < -0.39 is 11.0 Å². The van der Waals surface area contributed by atoms with Gasteiger partial charge in [0.1, 0.15) is 0 Å². The Kier molecular flexibility index (Phi) is 5.14. The standard InChI is InChI=1S/C22H27N3O4/c1-21(13-29-2)12-23-8-7-22(21,28)16-3-5-18-14(10-16)9-15(11-24-18)17-4-6-19(26)25-20(17)27/h3,5,9-11,17,23,28H,4,6-8,12-13H2,1-2H3,(H,25,26,27). The SMILES string of the molecule is COCC1(C)CNCCC1(O)c1ccc2ncc(C3CCC(=O)NC3=O)cc2c1. The van der Waals surface area contributed by atoms with E-state index in [1.807, 2.05) is 31.2 Å². The van der Waals surface area contributed by atoms with Gasteiger partial charge in [-0.1, -0.05) is 13.0 Å². The first kappa shape index (κ1) is 19.9. The molecule has 0 saturated carbocycles. The normalized spacial score (nSPS) is 30.4. The molecule has 0 aliphatic carbocycles. The van der Waals surface area contributed by atoms with Crippen LogP contribution in [-0.4, -0.2) is 48.7 Å². The zero-order valence-electron chi connectivity index (χ0n) is 16.8. The van der Waals surface area contributed by atoms with Crippen molar-refractivity contribution in [2.75, 3.05) is 26.8 Å². The summed E-state index contributed by atoms with van der Waals surface area (Å²) in [5.41, 5.74) is 0.913. The number of carbonyl (C=O) groups is 2. The van der Waals surface area contributed by atoms with E-state index in [0.29, 0.717) is 32.4 Å². The van der Waals surface area contributed by atoms with Crippen molar-refractivity contribution in [2.24, 2.45) is 5.41 Å². The van der Waals surface area contributed by atoms with E-state index in [1.165, 1.54) is 0 Å². The highest BCUT2D eigenvalue weighted by molar-refractivity contribution is 6.01. The second-order valence-corrected chi connectivity index (χ2v) is 8.46. The molecule has 3 unspecified atom stereocenters. The maximum absolute atomic E-state index is 12.2. The first-order chi connectivity index (χ1) is 13.9. The zero-order valence-corrected chi connectivity index (χ0v) is 16.8. The Bertz CT molecular complexity index is 958. The molecule has 2 aliphatic rings. The Morgan fingerprint density at radius 3 is 2.90 bits per heavy atom. The fourth-order valence-corrected chi connectivity index (χ4v) is 4.67. The summed E-state index contributed by atoms with van der Waals surface area (Å²) >= 11 is 0. The highest BCUT2D eigenvalue weighted by atomic mass is 16.5. The lowest BCUT2D eigenvalue weighted by Crippen LogP contribution is -2.57. The van der Waals surface area contributed by atoms with E-state index in [-0.39, 0.29) is 17.7 Å². The average Bonchev–Trinajstić information content (AvgIpc) is 2.70. The molecule has 0 bridgehead atoms. The van der Waals surface area contributed by atoms with Gasteiger partial charge in [-0.15, -0.1) is 0 Å². The number of hydrogen-bond donors (Lipinski definition) is 3. The van der Waals surface area contributed by atoms with Crippen LogP contribution < -0.4 is 10.6 Å². The number of pyridine rings is 1. The molecule has 2 saturated heterocycles. The van der Waals surface area contributed by atoms with Gasteiger partial charge in [-0.3, -0.25) is 19.9 Å². The minimum Gasteiger partial charge on any atom is -0.384 e. The number of aromatic nitrogens is 1. The van der Waals surface area contributed by atoms with Gasteiger partial charge in [0, 0.05) is 37.1 Å². The summed E-state index contributed by atoms with van der Waals surface area (Å²) in [6.45, 7) is 3.85. The Hall–Kier alpha value is -2.35. The minimum absolute atomic E-state index is 0.229. The summed E-state index contributed by atoms with van der Waals surface area (Å²) in [6, 6.07) is 7.76. The lowest BCUT2D eigenvalue weighted by Gasteiger charge is -2.48. The molecule has 0 spiro atoms. The first-order valence-corrected chi connectivity index (χ1v) is 10.0. The number of carbonyl (C=O) groups excluding carboxylic acids is 2. The summed E-state index contributed by atoms with van der Waals surface area (Å²) in [7, 11) is 1.65. The molecule has 2 aromatic rings. The van der Waals surface area contributed by atoms with E-state index in [4.69, 9.17) is 4.74 Å². The molecule has 7 heteroatoms. The zero-order chi connectivity index (χ0) is 20.6. The van der Waals surface area contributed by atoms with Crippen molar-refractivity contribution in [3.8, 4) is 0 Å². The van der Waals surface area contributed by atoms with Gasteiger partial charge in [-0.05, 0) is 48.7 Å². The van der Waals surface area contributed by atoms with Gasteiger partial charge < -0.3 is 15.2 Å². The van der Waals surface area contributed by atoms with Crippen LogP contribution in [-0.2, 0) is 19.9 Å². The van der Waals surface area contributed by atoms with Gasteiger partial charge in [-0.2, -0.15) is 0 Å². The van der Waals surface area contributed by atoms with Crippen LogP contribution in [0, 0.1) is 5.41 Å². The third kappa shape index (κ3) is 3.43. The van der Waals surface area contributed by atoms with Crippen LogP contribution in [0.15, 0.2) is 30.5 Å². The summed E-state index contributed by atoms with van der Waals surface area (Å²) in [5.74, 6) is -0.884. The number of amides is 2. The molecule has 3 atom stereocenters. The summed E-state index contributed by atoms with van der Waals surface area (Å²) < 4.78 is 5.42. The molecule has 2 fully saturated rings. The predicted molar refractivity (Wildman–Crippen MR) is 108 cm³/mol. The number of hydrogen-bond acceptors (Lipinski definition) is 6. The number of fused-ring (bicyclic) bond motifs is 1. The van der Waals surface area contributed by atoms with Crippen LogP contribution in [0.5, 0.6) is 0 Å². The Balaban J connectivity index is 1.73. The van der Waals surface area contributed by atoms with E-state index in [9.17, 15) is 14.7 Å². The molecule has 0 radical (unpaired) electrons. The molecule has 3 heterocycles. The molecular formula is C22H27N3O4. The Morgan fingerprint density at radius 1 is 1.31 bits per heavy atom. The van der Waals surface area contributed by atoms with Crippen molar-refractivity contribution in [1.82, 2.24) is 15.6 Å². The summed E-state index contributed by atoms with van der Waals surface area (Å²) in [6.07, 6.45) is 3.10. The first-order valence-electron chi connectivity index (χ1n) is 10.0. The molecular weight excluding hydrogens is 370 g/mol. The highest BCUT2D eigenvalue weighted by Crippen LogP contribution is 2.45. The molecule has 1 aromatic heterocycles. The van der Waals surface area contributed by atoms with Crippen molar-refractivity contribution in [3.05, 3.63) is 41.6 Å². The number of aliphatic hydroxyl groups is 1. The predicted octanol–water partition coefficient (Wildman–Crippen LogP) is 1.59. The topological polar surface area (TPSA) is 101 Å². The largest absolute Gasteiger partial charge is 0.384 e. The molecule has 3 N–H and O–H groups in total. The average molecular weight is 397 g/mol. The second-order valence-electron chi connectivity index (χ2n) is 8.46. The van der Waals surface area contributed by atoms with Crippen molar-refractivity contribution in [1.29, 1.82) is 0 Å². The number of imide groups is 1. The Labute approximate surface area is 169 Å². The maximum atomic E-state index is 12.2. The molecule has 7 nitrogen and oxygen atoms in total. The number of nitrogens with zero attached hydrogens (tertiary/aromatic N) is 1. The van der Waals surface area contributed by atoms with Crippen molar-refractivity contribution in [2.45, 2.75) is 37.7 Å². The number of piperidine rings is 2. The van der Waals surface area contributed by atoms with E-state index in [1.54, 1.807) is 13.3 Å². The third-order valence-corrected chi connectivity index (χ3v) is 6.46. The van der Waals surface area contributed by atoms with Crippen LogP contribution in [0.25, 0.3) is 10.9 Å². The molecule has 4 rings (SSSR count). The van der Waals surface area contributed by atoms with Crippen molar-refractivity contribution in [3.63, 3.8) is 0 Å². The second kappa shape index (κ2) is 7.48. The van der Waals surface area contributed by atoms with Gasteiger partial charge in [-0.25, -0.2) is 0 Å². The number of ether oxygens (including phenoxy) is 1. The van der Waals surface area contributed by atoms with E-state index in [0.717, 1.165) is 28.6 Å². The lowest BCUT2D eigenvalue weighted by molar-refractivity contribution is -0.134. The number of methoxy groups -OCH3 is 1. The summed E-state index contributed by atoms with van der Waals surface area (Å²) in [4.78, 5) is 28.2. The van der Waals surface area contributed by atoms with Gasteiger partial charge in [0.2, 0.25) is 11.8 Å². The number of rotatable bonds is 4. The van der Waals surface area contributed by atoms with E-state index >= 15 is 0 Å². The smallest absolute Gasteiger partial charge is 0.234 e. The quantitative estimate of drug-likeness (QED) is 0.678. The highest BCUT2D eigenvalue weighted by Gasteiger charge is 2.49. The number of benzene rings is 1. The minimum atomic E-state index is -1.03. The van der Waals surface area contributed by atoms with Gasteiger partial charge in [0.25, 0.3) is 0 Å². The van der Waals surface area contributed by atoms with Crippen LogP contribution in [0.3, 0.4) is 0 Å². The van der Waals surface area contributed by atoms with Crippen LogP contribution in [0.2, 0.25) is 0 Å². The van der Waals surface area contributed by atoms with Crippen molar-refractivity contribution >= 4 is 22.7 Å². The molecule has 2 amide bonds. The molecule has 2 aliphatic heterocycles. The Morgan fingerprint density at radius 2 is 2.14 bits per heavy atom. The van der Waals surface area contributed by atoms with Gasteiger partial charge in [0.05, 0.1) is 23.6 Å². The molecule has 1 aromatic carbocycles. The maximum Gasteiger partial charge on any atom is 0.234 e. The van der Waals surface area contributed by atoms with Crippen molar-refractivity contribution < 1.29 is 19.4 Å². The fourth-order valence-electron chi connectivity index (χ4n) is 4.67. The fraction of sp³-hybridized carbons (Fsp3) is 0.500. The molecule has 29 heavy (non-hydrogen) atoms. The third-order valence-electron chi connectivity index (χ3n) is 6.46. The van der Waals surface area contributed by atoms with Crippen LogP contribution >= 0.6 is 0 Å². The molecule has 154 valence electrons. The van der Waals surface area contributed by atoms with Gasteiger partial charge >= 0.3 is 0 Å².